The van der Waals surface area contributed by atoms with Gasteiger partial charge in [0.25, 0.3) is 0 Å². The van der Waals surface area contributed by atoms with Gasteiger partial charge in [-0.1, -0.05) is 11.6 Å². The van der Waals surface area contributed by atoms with Gasteiger partial charge in [0.15, 0.2) is 0 Å². The number of hydrogen-bond acceptors (Lipinski definition) is 5. The number of carbonyl (C=O) groups is 1. The molecule has 4 rings (SSSR count). The highest BCUT2D eigenvalue weighted by atomic mass is 35.5. The molecule has 0 N–H and O–H groups in total. The van der Waals surface area contributed by atoms with Crippen LogP contribution in [0.25, 0.3) is 0 Å². The Kier molecular flexibility index (Phi) is 5.57. The largest absolute Gasteiger partial charge is 0.489 e. The third-order valence-corrected chi connectivity index (χ3v) is 5.07. The van der Waals surface area contributed by atoms with E-state index in [1.807, 2.05) is 4.90 Å². The van der Waals surface area contributed by atoms with E-state index in [-0.39, 0.29) is 11.8 Å². The second-order valence-electron chi connectivity index (χ2n) is 6.60. The molecule has 1 aromatic carbocycles. The normalized spacial score (nSPS) is 16.5. The molecule has 0 bridgehead atoms. The number of rotatable bonds is 3. The van der Waals surface area contributed by atoms with Crippen molar-refractivity contribution in [3.63, 3.8) is 0 Å². The molecule has 1 aromatic heterocycles. The number of nitrogens with zero attached hydrogens (tertiary/aromatic N) is 4. The van der Waals surface area contributed by atoms with Crippen molar-refractivity contribution in [1.29, 1.82) is 0 Å². The number of halogens is 3. The van der Waals surface area contributed by atoms with Crippen LogP contribution in [-0.4, -0.2) is 61.9 Å². The van der Waals surface area contributed by atoms with Gasteiger partial charge >= 0.3 is 12.6 Å². The maximum Gasteiger partial charge on any atom is 0.387 e. The lowest BCUT2D eigenvalue weighted by Gasteiger charge is -2.39. The van der Waals surface area contributed by atoms with Crippen LogP contribution >= 0.6 is 11.6 Å². The lowest BCUT2D eigenvalue weighted by atomic mass is 10.2. The third kappa shape index (κ3) is 4.29. The van der Waals surface area contributed by atoms with Gasteiger partial charge in [0.2, 0.25) is 0 Å². The molecule has 2 aliphatic heterocycles. The Hall–Kier alpha value is -2.81. The van der Waals surface area contributed by atoms with Crippen LogP contribution in [0.3, 0.4) is 0 Å². The number of aromatic nitrogens is 1. The molecule has 0 radical (unpaired) electrons. The summed E-state index contributed by atoms with van der Waals surface area (Å²) in [5.41, 5.74) is 0.712. The molecule has 3 heterocycles. The number of amides is 2. The Balaban J connectivity index is 1.38. The highest BCUT2D eigenvalue weighted by Gasteiger charge is 2.30. The lowest BCUT2D eigenvalue weighted by Crippen LogP contribution is -2.54. The van der Waals surface area contributed by atoms with Crippen LogP contribution in [0.15, 0.2) is 36.5 Å². The predicted octanol–water partition coefficient (Wildman–Crippen LogP) is 3.48. The van der Waals surface area contributed by atoms with Crippen molar-refractivity contribution in [2.75, 3.05) is 49.1 Å². The number of piperazine rings is 1. The molecule has 0 saturated carbocycles. The van der Waals surface area contributed by atoms with E-state index in [0.29, 0.717) is 61.6 Å². The Bertz CT molecular complexity index is 876. The van der Waals surface area contributed by atoms with Crippen LogP contribution in [0.1, 0.15) is 0 Å². The lowest BCUT2D eigenvalue weighted by molar-refractivity contribution is -0.0500. The van der Waals surface area contributed by atoms with E-state index in [4.69, 9.17) is 16.3 Å². The molecular formula is C19H19ClF2N4O3. The first-order valence-electron chi connectivity index (χ1n) is 9.16. The topological polar surface area (TPSA) is 58.1 Å². The molecular weight excluding hydrogens is 406 g/mol. The van der Waals surface area contributed by atoms with Crippen LogP contribution in [0.2, 0.25) is 5.02 Å². The summed E-state index contributed by atoms with van der Waals surface area (Å²) in [6.45, 7) is 0.235. The standard InChI is InChI=1S/C19H19ClF2N4O3/c20-13-1-3-15-16(11-13)28-10-9-26(15)19(27)25-7-5-24(6-8-25)17-4-2-14(12-23-17)29-18(21)22/h1-4,11-12,18H,5-10H2. The van der Waals surface area contributed by atoms with Crippen molar-refractivity contribution in [1.82, 2.24) is 9.88 Å². The molecule has 2 aliphatic rings. The molecule has 2 amide bonds. The molecule has 0 atom stereocenters. The third-order valence-electron chi connectivity index (χ3n) is 4.84. The van der Waals surface area contributed by atoms with E-state index >= 15 is 0 Å². The van der Waals surface area contributed by atoms with Crippen LogP contribution in [0.5, 0.6) is 11.5 Å². The van der Waals surface area contributed by atoms with Crippen molar-refractivity contribution in [2.45, 2.75) is 6.61 Å². The van der Waals surface area contributed by atoms with Crippen molar-refractivity contribution >= 4 is 29.1 Å². The van der Waals surface area contributed by atoms with Crippen molar-refractivity contribution in [3.8, 4) is 11.5 Å². The number of hydrogen-bond donors (Lipinski definition) is 0. The van der Waals surface area contributed by atoms with Crippen LogP contribution in [0.4, 0.5) is 25.1 Å². The molecule has 2 aromatic rings. The Morgan fingerprint density at radius 3 is 2.62 bits per heavy atom. The smallest absolute Gasteiger partial charge is 0.387 e. The number of benzene rings is 1. The van der Waals surface area contributed by atoms with E-state index in [9.17, 15) is 13.6 Å². The van der Waals surface area contributed by atoms with E-state index in [2.05, 4.69) is 9.72 Å². The summed E-state index contributed by atoms with van der Waals surface area (Å²) in [7, 11) is 0. The number of fused-ring (bicyclic) bond motifs is 1. The highest BCUT2D eigenvalue weighted by Crippen LogP contribution is 2.34. The predicted molar refractivity (Wildman–Crippen MR) is 104 cm³/mol. The Morgan fingerprint density at radius 2 is 1.93 bits per heavy atom. The van der Waals surface area contributed by atoms with Crippen molar-refractivity contribution in [3.05, 3.63) is 41.6 Å². The number of pyridine rings is 1. The summed E-state index contributed by atoms with van der Waals surface area (Å²) >= 11 is 6.01. The van der Waals surface area contributed by atoms with Gasteiger partial charge in [0.05, 0.1) is 18.4 Å². The highest BCUT2D eigenvalue weighted by molar-refractivity contribution is 6.30. The van der Waals surface area contributed by atoms with E-state index in [0.717, 1.165) is 0 Å². The van der Waals surface area contributed by atoms with E-state index in [1.165, 1.54) is 12.3 Å². The van der Waals surface area contributed by atoms with Gasteiger partial charge in [0.1, 0.15) is 23.9 Å². The van der Waals surface area contributed by atoms with Crippen LogP contribution in [0, 0.1) is 0 Å². The fourth-order valence-electron chi connectivity index (χ4n) is 3.42. The first-order valence-corrected chi connectivity index (χ1v) is 9.53. The van der Waals surface area contributed by atoms with E-state index in [1.54, 1.807) is 34.1 Å². The van der Waals surface area contributed by atoms with Gasteiger partial charge in [-0.3, -0.25) is 4.90 Å². The molecule has 10 heteroatoms. The maximum atomic E-state index is 13.0. The van der Waals surface area contributed by atoms with Gasteiger partial charge in [-0.2, -0.15) is 8.78 Å². The van der Waals surface area contributed by atoms with Gasteiger partial charge in [-0.05, 0) is 24.3 Å². The Labute approximate surface area is 171 Å². The zero-order valence-corrected chi connectivity index (χ0v) is 16.2. The first kappa shape index (κ1) is 19.5. The molecule has 1 fully saturated rings. The minimum Gasteiger partial charge on any atom is -0.489 e. The van der Waals surface area contributed by atoms with Crippen molar-refractivity contribution < 1.29 is 23.0 Å². The maximum absolute atomic E-state index is 13.0. The monoisotopic (exact) mass is 424 g/mol. The van der Waals surface area contributed by atoms with Crippen LogP contribution in [-0.2, 0) is 0 Å². The summed E-state index contributed by atoms with van der Waals surface area (Å²) in [5, 5.41) is 0.559. The minimum atomic E-state index is -2.88. The molecule has 7 nitrogen and oxygen atoms in total. The Morgan fingerprint density at radius 1 is 1.14 bits per heavy atom. The SMILES string of the molecule is O=C(N1CCN(c2ccc(OC(F)F)cn2)CC1)N1CCOc2cc(Cl)ccc21. The second kappa shape index (κ2) is 8.28. The fraction of sp³-hybridized carbons (Fsp3) is 0.368. The van der Waals surface area contributed by atoms with Gasteiger partial charge in [-0.15, -0.1) is 0 Å². The van der Waals surface area contributed by atoms with Crippen LogP contribution < -0.4 is 19.3 Å². The first-order chi connectivity index (χ1) is 14.0. The minimum absolute atomic E-state index is 0.0173. The molecule has 0 spiro atoms. The summed E-state index contributed by atoms with van der Waals surface area (Å²) in [6.07, 6.45) is 1.27. The van der Waals surface area contributed by atoms with Crippen molar-refractivity contribution in [2.24, 2.45) is 0 Å². The molecule has 154 valence electrons. The number of anilines is 2. The summed E-state index contributed by atoms with van der Waals surface area (Å²) in [6, 6.07) is 8.25. The molecule has 0 aliphatic carbocycles. The average molecular weight is 425 g/mol. The average Bonchev–Trinajstić information content (AvgIpc) is 2.73. The zero-order valence-electron chi connectivity index (χ0n) is 15.4. The molecule has 29 heavy (non-hydrogen) atoms. The number of alkyl halides is 2. The van der Waals surface area contributed by atoms with E-state index < -0.39 is 6.61 Å². The number of carbonyl (C=O) groups excluding carboxylic acids is 1. The molecule has 0 unspecified atom stereocenters. The van der Waals surface area contributed by atoms with Gasteiger partial charge in [-0.25, -0.2) is 9.78 Å². The fourth-order valence-corrected chi connectivity index (χ4v) is 3.58. The second-order valence-corrected chi connectivity index (χ2v) is 7.04. The van der Waals surface area contributed by atoms with Gasteiger partial charge < -0.3 is 19.3 Å². The quantitative estimate of drug-likeness (QED) is 0.755. The number of ether oxygens (including phenoxy) is 2. The molecule has 1 saturated heterocycles. The summed E-state index contributed by atoms with van der Waals surface area (Å²) in [4.78, 5) is 22.7. The van der Waals surface area contributed by atoms with Gasteiger partial charge in [0, 0.05) is 37.3 Å². The summed E-state index contributed by atoms with van der Waals surface area (Å²) < 4.78 is 34.4. The zero-order chi connectivity index (χ0) is 20.4. The summed E-state index contributed by atoms with van der Waals surface area (Å²) in [5.74, 6) is 1.28. The number of urea groups is 1.